The van der Waals surface area contributed by atoms with Gasteiger partial charge in [-0.3, -0.25) is 0 Å². The Morgan fingerprint density at radius 2 is 1.20 bits per heavy atom. The van der Waals surface area contributed by atoms with Gasteiger partial charge >= 0.3 is 0 Å². The van der Waals surface area contributed by atoms with Crippen LogP contribution in [-0.2, 0) is 0 Å². The molecule has 0 bridgehead atoms. The van der Waals surface area contributed by atoms with Crippen LogP contribution in [0.5, 0.6) is 0 Å². The molecule has 0 aromatic rings. The lowest BCUT2D eigenvalue weighted by Crippen LogP contribution is -2.12. The average Bonchev–Trinajstić information content (AvgIpc) is 1.92. The van der Waals surface area contributed by atoms with Gasteiger partial charge in [0.15, 0.2) is 0 Å². The van der Waals surface area contributed by atoms with Crippen LogP contribution in [0.25, 0.3) is 0 Å². The van der Waals surface area contributed by atoms with Gasteiger partial charge in [0.2, 0.25) is 0 Å². The van der Waals surface area contributed by atoms with Crippen LogP contribution in [0.1, 0.15) is 34.6 Å². The predicted molar refractivity (Wildman–Crippen MR) is 53.7 cm³/mol. The van der Waals surface area contributed by atoms with Crippen molar-refractivity contribution in [3.8, 4) is 0 Å². The Morgan fingerprint density at radius 1 is 0.900 bits per heavy atom. The minimum atomic E-state index is -0.511. The van der Waals surface area contributed by atoms with Gasteiger partial charge in [0, 0.05) is 7.26 Å². The third-order valence-corrected chi connectivity index (χ3v) is 8.95. The van der Waals surface area contributed by atoms with Crippen LogP contribution in [0.3, 0.4) is 0 Å². The number of hydrogen-bond donors (Lipinski definition) is 0. The van der Waals surface area contributed by atoms with E-state index < -0.39 is 7.26 Å². The smallest absolute Gasteiger partial charge is 0.0311 e. The molecule has 0 unspecified atom stereocenters. The summed E-state index contributed by atoms with van der Waals surface area (Å²) in [6, 6.07) is 0. The van der Waals surface area contributed by atoms with Gasteiger partial charge in [0.1, 0.15) is 0 Å². The summed E-state index contributed by atoms with van der Waals surface area (Å²) in [7, 11) is -0.511. The van der Waals surface area contributed by atoms with Gasteiger partial charge in [-0.1, -0.05) is 0 Å². The summed E-state index contributed by atoms with van der Waals surface area (Å²) in [6.45, 7) is 11.9. The van der Waals surface area contributed by atoms with Crippen molar-refractivity contribution in [2.24, 2.45) is 0 Å². The minimum Gasteiger partial charge on any atom is -0.0311 e. The number of hydrogen-bond acceptors (Lipinski definition) is 0. The average molecular weight is 161 g/mol. The van der Waals surface area contributed by atoms with Gasteiger partial charge in [-0.25, -0.2) is 0 Å². The van der Waals surface area contributed by atoms with Crippen LogP contribution >= 0.6 is 7.26 Å². The highest BCUT2D eigenvalue weighted by Crippen LogP contribution is 2.61. The molecule has 0 nitrogen and oxygen atoms in total. The standard InChI is InChI=1S/C9H22P/c1-6-10(7-2,8-3)9(4)5/h9H,6-8H2,1-5H3/q+1. The van der Waals surface area contributed by atoms with Gasteiger partial charge in [0.05, 0.1) is 24.1 Å². The third kappa shape index (κ3) is 1.95. The molecule has 0 aliphatic carbocycles. The van der Waals surface area contributed by atoms with Crippen molar-refractivity contribution in [3.63, 3.8) is 0 Å². The first-order valence-corrected chi connectivity index (χ1v) is 6.90. The molecule has 0 saturated heterocycles. The van der Waals surface area contributed by atoms with Gasteiger partial charge in [-0.2, -0.15) is 0 Å². The van der Waals surface area contributed by atoms with E-state index in [0.717, 1.165) is 5.66 Å². The van der Waals surface area contributed by atoms with E-state index in [9.17, 15) is 0 Å². The van der Waals surface area contributed by atoms with E-state index in [4.69, 9.17) is 0 Å². The minimum absolute atomic E-state index is 0.511. The van der Waals surface area contributed by atoms with Gasteiger partial charge in [0.25, 0.3) is 0 Å². The van der Waals surface area contributed by atoms with E-state index >= 15 is 0 Å². The Kier molecular flexibility index (Phi) is 4.52. The Labute approximate surface area is 66.7 Å². The fourth-order valence-electron chi connectivity index (χ4n) is 1.77. The molecule has 10 heavy (non-hydrogen) atoms. The largest absolute Gasteiger partial charge is 0.0641 e. The summed E-state index contributed by atoms with van der Waals surface area (Å²) in [4.78, 5) is 0. The maximum atomic E-state index is 2.39. The second-order valence-corrected chi connectivity index (χ2v) is 8.63. The van der Waals surface area contributed by atoms with Crippen LogP contribution in [0.2, 0.25) is 0 Å². The third-order valence-electron chi connectivity index (χ3n) is 2.98. The molecule has 0 radical (unpaired) electrons. The fourth-order valence-corrected chi connectivity index (χ4v) is 5.30. The van der Waals surface area contributed by atoms with Crippen molar-refractivity contribution in [3.05, 3.63) is 0 Å². The zero-order chi connectivity index (χ0) is 8.20. The van der Waals surface area contributed by atoms with Crippen LogP contribution < -0.4 is 0 Å². The molecule has 1 heteroatoms. The van der Waals surface area contributed by atoms with Gasteiger partial charge in [-0.15, -0.1) is 0 Å². The lowest BCUT2D eigenvalue weighted by atomic mass is 10.6. The Morgan fingerprint density at radius 3 is 1.20 bits per heavy atom. The summed E-state index contributed by atoms with van der Waals surface area (Å²) >= 11 is 0. The van der Waals surface area contributed by atoms with E-state index in [-0.39, 0.29) is 0 Å². The molecular weight excluding hydrogens is 139 g/mol. The molecule has 0 saturated carbocycles. The highest BCUT2D eigenvalue weighted by Gasteiger charge is 2.34. The molecule has 62 valence electrons. The van der Waals surface area contributed by atoms with E-state index in [1.165, 1.54) is 18.5 Å². The Balaban J connectivity index is 4.15. The second kappa shape index (κ2) is 4.34. The van der Waals surface area contributed by atoms with Crippen molar-refractivity contribution >= 4 is 7.26 Å². The van der Waals surface area contributed by atoms with Crippen molar-refractivity contribution in [2.45, 2.75) is 40.3 Å². The normalized spacial score (nSPS) is 12.6. The van der Waals surface area contributed by atoms with Crippen molar-refractivity contribution in [1.82, 2.24) is 0 Å². The molecule has 0 rings (SSSR count). The first-order chi connectivity index (χ1) is 4.63. The summed E-state index contributed by atoms with van der Waals surface area (Å²) in [5.41, 5.74) is 0.951. The summed E-state index contributed by atoms with van der Waals surface area (Å²) in [6.07, 6.45) is 4.33. The van der Waals surface area contributed by atoms with E-state index in [1.54, 1.807) is 0 Å². The highest BCUT2D eigenvalue weighted by atomic mass is 31.2. The Bertz CT molecular complexity index is 74.5. The van der Waals surface area contributed by atoms with Crippen LogP contribution in [0.4, 0.5) is 0 Å². The molecule has 0 heterocycles. The molecule has 0 spiro atoms. The quantitative estimate of drug-likeness (QED) is 0.554. The van der Waals surface area contributed by atoms with Gasteiger partial charge < -0.3 is 0 Å². The van der Waals surface area contributed by atoms with E-state index in [1.807, 2.05) is 0 Å². The Hall–Kier alpha value is 0.430. The maximum Gasteiger partial charge on any atom is 0.0641 e. The lowest BCUT2D eigenvalue weighted by molar-refractivity contribution is 1.04. The molecule has 0 aromatic heterocycles. The topological polar surface area (TPSA) is 0 Å². The summed E-state index contributed by atoms with van der Waals surface area (Å²) in [5.74, 6) is 0. The monoisotopic (exact) mass is 161 g/mol. The molecule has 0 aliphatic heterocycles. The van der Waals surface area contributed by atoms with Gasteiger partial charge in [-0.05, 0) is 34.6 Å². The second-order valence-electron chi connectivity index (χ2n) is 3.26. The van der Waals surface area contributed by atoms with Crippen LogP contribution in [0.15, 0.2) is 0 Å². The van der Waals surface area contributed by atoms with Crippen molar-refractivity contribution < 1.29 is 0 Å². The zero-order valence-corrected chi connectivity index (χ0v) is 9.04. The van der Waals surface area contributed by atoms with Crippen LogP contribution in [0, 0.1) is 0 Å². The molecule has 0 fully saturated rings. The van der Waals surface area contributed by atoms with Crippen molar-refractivity contribution in [1.29, 1.82) is 0 Å². The fraction of sp³-hybridized carbons (Fsp3) is 1.00. The SMILES string of the molecule is CC[P+](CC)(CC)C(C)C. The number of rotatable bonds is 4. The predicted octanol–water partition coefficient (Wildman–Crippen LogP) is 3.47. The lowest BCUT2D eigenvalue weighted by Gasteiger charge is -2.27. The first kappa shape index (κ1) is 10.4. The first-order valence-electron chi connectivity index (χ1n) is 4.48. The molecule has 0 atom stereocenters. The molecule has 0 aliphatic rings. The van der Waals surface area contributed by atoms with Crippen molar-refractivity contribution in [2.75, 3.05) is 18.5 Å². The molecular formula is C9H22P+. The van der Waals surface area contributed by atoms with E-state index in [0.29, 0.717) is 0 Å². The molecule has 0 amide bonds. The van der Waals surface area contributed by atoms with E-state index in [2.05, 4.69) is 34.6 Å². The maximum absolute atomic E-state index is 2.39. The highest BCUT2D eigenvalue weighted by molar-refractivity contribution is 7.76. The molecule has 0 N–H and O–H groups in total. The van der Waals surface area contributed by atoms with Crippen LogP contribution in [-0.4, -0.2) is 24.1 Å². The summed E-state index contributed by atoms with van der Waals surface area (Å²) in [5, 5.41) is 0. The molecule has 0 aromatic carbocycles. The summed E-state index contributed by atoms with van der Waals surface area (Å²) < 4.78 is 0. The zero-order valence-electron chi connectivity index (χ0n) is 8.15.